The standard InChI is InChI=1S/C24H31N3O/c1-3-9-21-23(19-14-12-18(16-25)13-15-19)22(24(26)28)17(2)27(21)20-10-7-5-4-6-8-11-20/h12-15,20H,3-11H2,1-2H3,(H2,26,28). The molecule has 1 aromatic carbocycles. The summed E-state index contributed by atoms with van der Waals surface area (Å²) in [6.45, 7) is 4.22. The quantitative estimate of drug-likeness (QED) is 0.729. The summed E-state index contributed by atoms with van der Waals surface area (Å²) in [4.78, 5) is 12.5. The average molecular weight is 378 g/mol. The predicted molar refractivity (Wildman–Crippen MR) is 113 cm³/mol. The van der Waals surface area contributed by atoms with Gasteiger partial charge in [0.05, 0.1) is 17.2 Å². The van der Waals surface area contributed by atoms with E-state index in [-0.39, 0.29) is 5.91 Å². The Balaban J connectivity index is 2.19. The molecular weight excluding hydrogens is 346 g/mol. The molecule has 2 aromatic rings. The molecule has 3 rings (SSSR count). The van der Waals surface area contributed by atoms with Crippen molar-refractivity contribution in [3.63, 3.8) is 0 Å². The van der Waals surface area contributed by atoms with Gasteiger partial charge in [0.2, 0.25) is 0 Å². The van der Waals surface area contributed by atoms with Gasteiger partial charge in [-0.2, -0.15) is 5.26 Å². The third-order valence-electron chi connectivity index (χ3n) is 6.03. The Hall–Kier alpha value is -2.54. The lowest BCUT2D eigenvalue weighted by Gasteiger charge is -2.26. The second kappa shape index (κ2) is 9.10. The van der Waals surface area contributed by atoms with Gasteiger partial charge in [-0.3, -0.25) is 4.79 Å². The number of nitriles is 1. The van der Waals surface area contributed by atoms with Gasteiger partial charge in [0.25, 0.3) is 5.91 Å². The Kier molecular flexibility index (Phi) is 6.57. The van der Waals surface area contributed by atoms with Gasteiger partial charge in [0.15, 0.2) is 0 Å². The van der Waals surface area contributed by atoms with Crippen molar-refractivity contribution in [3.8, 4) is 17.2 Å². The summed E-state index contributed by atoms with van der Waals surface area (Å²) < 4.78 is 2.43. The molecule has 0 bridgehead atoms. The lowest BCUT2D eigenvalue weighted by atomic mass is 9.95. The smallest absolute Gasteiger partial charge is 0.251 e. The Morgan fingerprint density at radius 1 is 1.14 bits per heavy atom. The average Bonchev–Trinajstić information content (AvgIpc) is 2.94. The second-order valence-electron chi connectivity index (χ2n) is 7.95. The first-order valence-corrected chi connectivity index (χ1v) is 10.6. The van der Waals surface area contributed by atoms with Crippen LogP contribution in [-0.4, -0.2) is 10.5 Å². The highest BCUT2D eigenvalue weighted by Gasteiger charge is 2.28. The number of carbonyl (C=O) groups excluding carboxylic acids is 1. The van der Waals surface area contributed by atoms with Crippen LogP contribution in [0.1, 0.15) is 91.6 Å². The Bertz CT molecular complexity index is 863. The van der Waals surface area contributed by atoms with Crippen molar-refractivity contribution in [2.24, 2.45) is 5.73 Å². The molecule has 0 spiro atoms. The van der Waals surface area contributed by atoms with Gasteiger partial charge in [0, 0.05) is 23.0 Å². The third kappa shape index (κ3) is 3.99. The minimum absolute atomic E-state index is 0.362. The number of hydrogen-bond donors (Lipinski definition) is 1. The van der Waals surface area contributed by atoms with E-state index in [9.17, 15) is 4.79 Å². The molecule has 0 radical (unpaired) electrons. The van der Waals surface area contributed by atoms with Crippen molar-refractivity contribution in [2.75, 3.05) is 0 Å². The monoisotopic (exact) mass is 377 g/mol. The van der Waals surface area contributed by atoms with Crippen LogP contribution < -0.4 is 5.73 Å². The predicted octanol–water partition coefficient (Wildman–Crippen LogP) is 5.67. The molecule has 0 saturated heterocycles. The molecule has 0 unspecified atom stereocenters. The zero-order valence-corrected chi connectivity index (χ0v) is 17.1. The molecule has 1 aliphatic rings. The Morgan fingerprint density at radius 2 is 1.75 bits per heavy atom. The molecule has 1 heterocycles. The Morgan fingerprint density at radius 3 is 2.29 bits per heavy atom. The van der Waals surface area contributed by atoms with E-state index < -0.39 is 0 Å². The molecule has 148 valence electrons. The molecule has 1 amide bonds. The zero-order chi connectivity index (χ0) is 20.1. The van der Waals surface area contributed by atoms with Gasteiger partial charge in [-0.1, -0.05) is 57.6 Å². The van der Waals surface area contributed by atoms with E-state index in [1.54, 1.807) is 0 Å². The van der Waals surface area contributed by atoms with Crippen LogP contribution in [0.5, 0.6) is 0 Å². The van der Waals surface area contributed by atoms with Crippen molar-refractivity contribution in [1.82, 2.24) is 4.57 Å². The highest BCUT2D eigenvalue weighted by Crippen LogP contribution is 2.39. The van der Waals surface area contributed by atoms with Gasteiger partial charge in [0.1, 0.15) is 0 Å². The largest absolute Gasteiger partial charge is 0.366 e. The molecule has 0 atom stereocenters. The second-order valence-corrected chi connectivity index (χ2v) is 7.95. The van der Waals surface area contributed by atoms with Gasteiger partial charge in [-0.15, -0.1) is 0 Å². The van der Waals surface area contributed by atoms with Crippen molar-refractivity contribution in [1.29, 1.82) is 5.26 Å². The van der Waals surface area contributed by atoms with E-state index in [0.29, 0.717) is 17.2 Å². The van der Waals surface area contributed by atoms with Gasteiger partial charge in [-0.05, 0) is 43.9 Å². The van der Waals surface area contributed by atoms with E-state index in [0.717, 1.165) is 42.5 Å². The number of aromatic nitrogens is 1. The maximum atomic E-state index is 12.5. The van der Waals surface area contributed by atoms with Crippen LogP contribution in [0.3, 0.4) is 0 Å². The first-order valence-electron chi connectivity index (χ1n) is 10.6. The number of nitrogens with zero attached hydrogens (tertiary/aromatic N) is 2. The summed E-state index contributed by atoms with van der Waals surface area (Å²) >= 11 is 0. The molecule has 1 aromatic heterocycles. The van der Waals surface area contributed by atoms with Crippen molar-refractivity contribution < 1.29 is 4.79 Å². The number of hydrogen-bond acceptors (Lipinski definition) is 2. The summed E-state index contributed by atoms with van der Waals surface area (Å²) in [5, 5.41) is 9.12. The number of primary amides is 1. The first-order chi connectivity index (χ1) is 13.6. The highest BCUT2D eigenvalue weighted by molar-refractivity contribution is 6.02. The summed E-state index contributed by atoms with van der Waals surface area (Å²) in [5.41, 5.74) is 11.3. The van der Waals surface area contributed by atoms with Crippen molar-refractivity contribution in [3.05, 3.63) is 46.8 Å². The normalized spacial score (nSPS) is 15.6. The number of benzene rings is 1. The fraction of sp³-hybridized carbons (Fsp3) is 0.500. The van der Waals surface area contributed by atoms with E-state index in [2.05, 4.69) is 17.6 Å². The van der Waals surface area contributed by atoms with Crippen LogP contribution >= 0.6 is 0 Å². The SMILES string of the molecule is CCCc1c(-c2ccc(C#N)cc2)c(C(N)=O)c(C)n1C1CCCCCCC1. The summed E-state index contributed by atoms with van der Waals surface area (Å²) in [6, 6.07) is 10.1. The van der Waals surface area contributed by atoms with E-state index in [1.165, 1.54) is 37.8 Å². The summed E-state index contributed by atoms with van der Waals surface area (Å²) in [6.07, 6.45) is 10.7. The number of carbonyl (C=O) groups is 1. The van der Waals surface area contributed by atoms with Crippen LogP contribution in [0, 0.1) is 18.3 Å². The first kappa shape index (κ1) is 20.2. The fourth-order valence-electron chi connectivity index (χ4n) is 4.76. The number of nitrogens with two attached hydrogens (primary N) is 1. The van der Waals surface area contributed by atoms with Gasteiger partial charge < -0.3 is 10.3 Å². The fourth-order valence-corrected chi connectivity index (χ4v) is 4.76. The Labute approximate surface area is 168 Å². The van der Waals surface area contributed by atoms with Crippen LogP contribution in [0.2, 0.25) is 0 Å². The zero-order valence-electron chi connectivity index (χ0n) is 17.1. The highest BCUT2D eigenvalue weighted by atomic mass is 16.1. The number of rotatable bonds is 5. The van der Waals surface area contributed by atoms with Crippen molar-refractivity contribution >= 4 is 5.91 Å². The lowest BCUT2D eigenvalue weighted by Crippen LogP contribution is -2.17. The van der Waals surface area contributed by atoms with Crippen molar-refractivity contribution in [2.45, 2.75) is 77.7 Å². The summed E-state index contributed by atoms with van der Waals surface area (Å²) in [7, 11) is 0. The van der Waals surface area contributed by atoms with Crippen LogP contribution in [0.4, 0.5) is 0 Å². The molecule has 2 N–H and O–H groups in total. The lowest BCUT2D eigenvalue weighted by molar-refractivity contribution is 0.1000. The molecule has 4 nitrogen and oxygen atoms in total. The van der Waals surface area contributed by atoms with Crippen LogP contribution in [0.25, 0.3) is 11.1 Å². The third-order valence-corrected chi connectivity index (χ3v) is 6.03. The van der Waals surface area contributed by atoms with Crippen LogP contribution in [-0.2, 0) is 6.42 Å². The van der Waals surface area contributed by atoms with Crippen LogP contribution in [0.15, 0.2) is 24.3 Å². The van der Waals surface area contributed by atoms with Gasteiger partial charge in [-0.25, -0.2) is 0 Å². The van der Waals surface area contributed by atoms with E-state index in [1.807, 2.05) is 31.2 Å². The van der Waals surface area contributed by atoms with Gasteiger partial charge >= 0.3 is 0 Å². The topological polar surface area (TPSA) is 71.8 Å². The molecule has 1 fully saturated rings. The molecular formula is C24H31N3O. The minimum atomic E-state index is -0.362. The van der Waals surface area contributed by atoms with E-state index >= 15 is 0 Å². The maximum absolute atomic E-state index is 12.5. The minimum Gasteiger partial charge on any atom is -0.366 e. The maximum Gasteiger partial charge on any atom is 0.251 e. The molecule has 1 saturated carbocycles. The summed E-state index contributed by atoms with van der Waals surface area (Å²) in [5.74, 6) is -0.362. The molecule has 28 heavy (non-hydrogen) atoms. The number of amides is 1. The molecule has 0 aliphatic heterocycles. The van der Waals surface area contributed by atoms with E-state index in [4.69, 9.17) is 11.0 Å². The molecule has 4 heteroatoms. The molecule has 1 aliphatic carbocycles.